The van der Waals surface area contributed by atoms with Crippen molar-refractivity contribution in [3.63, 3.8) is 0 Å². The van der Waals surface area contributed by atoms with E-state index in [-0.39, 0.29) is 0 Å². The molecule has 0 spiro atoms. The Balaban J connectivity index is 2.25. The highest BCUT2D eigenvalue weighted by molar-refractivity contribution is 5.49. The molecule has 0 unspecified atom stereocenters. The van der Waals surface area contributed by atoms with Crippen LogP contribution in [0.25, 0.3) is 0 Å². The van der Waals surface area contributed by atoms with Crippen molar-refractivity contribution in [2.24, 2.45) is 0 Å². The average Bonchev–Trinajstić information content (AvgIpc) is 2.30. The predicted octanol–water partition coefficient (Wildman–Crippen LogP) is 2.17. The quantitative estimate of drug-likeness (QED) is 0.756. The molecule has 0 aliphatic carbocycles. The fourth-order valence-corrected chi connectivity index (χ4v) is 2.07. The fraction of sp³-hybridized carbons (Fsp3) is 0.500. The molecule has 0 bridgehead atoms. The van der Waals surface area contributed by atoms with E-state index in [0.29, 0.717) is 5.92 Å². The topological polar surface area (TPSA) is 44.5 Å². The van der Waals surface area contributed by atoms with E-state index in [1.54, 1.807) is 7.11 Å². The molecule has 0 amide bonds. The molecule has 2 N–H and O–H groups in total. The number of nitrogens with two attached hydrogens (primary N) is 1. The lowest BCUT2D eigenvalue weighted by atomic mass is 9.91. The average molecular weight is 207 g/mol. The molecule has 1 heterocycles. The van der Waals surface area contributed by atoms with Gasteiger partial charge in [0.2, 0.25) is 0 Å². The van der Waals surface area contributed by atoms with Gasteiger partial charge in [-0.3, -0.25) is 0 Å². The van der Waals surface area contributed by atoms with Gasteiger partial charge in [-0.25, -0.2) is 0 Å². The first-order chi connectivity index (χ1) is 7.31. The maximum Gasteiger partial charge on any atom is 0.124 e. The molecule has 0 aromatic heterocycles. The first-order valence-electron chi connectivity index (χ1n) is 5.32. The molecule has 82 valence electrons. The van der Waals surface area contributed by atoms with E-state index >= 15 is 0 Å². The molecular weight excluding hydrogens is 190 g/mol. The second kappa shape index (κ2) is 4.53. The van der Waals surface area contributed by atoms with E-state index in [9.17, 15) is 0 Å². The Morgan fingerprint density at radius 3 is 2.73 bits per heavy atom. The van der Waals surface area contributed by atoms with E-state index in [1.165, 1.54) is 5.56 Å². The Kier molecular flexibility index (Phi) is 3.11. The molecule has 1 aliphatic rings. The van der Waals surface area contributed by atoms with E-state index in [1.807, 2.05) is 12.1 Å². The van der Waals surface area contributed by atoms with Crippen molar-refractivity contribution < 1.29 is 9.47 Å². The van der Waals surface area contributed by atoms with E-state index in [0.717, 1.165) is 37.5 Å². The number of hydrogen-bond donors (Lipinski definition) is 1. The lowest BCUT2D eigenvalue weighted by molar-refractivity contribution is 0.0848. The molecule has 1 saturated heterocycles. The van der Waals surface area contributed by atoms with Gasteiger partial charge in [0.15, 0.2) is 0 Å². The highest BCUT2D eigenvalue weighted by atomic mass is 16.5. The molecule has 1 aromatic rings. The summed E-state index contributed by atoms with van der Waals surface area (Å²) in [5.74, 6) is 1.45. The number of anilines is 1. The van der Waals surface area contributed by atoms with Crippen LogP contribution in [0, 0.1) is 0 Å². The van der Waals surface area contributed by atoms with E-state index in [2.05, 4.69) is 6.07 Å². The summed E-state index contributed by atoms with van der Waals surface area (Å²) in [5.41, 5.74) is 7.74. The van der Waals surface area contributed by atoms with Crippen molar-refractivity contribution in [1.29, 1.82) is 0 Å². The zero-order valence-electron chi connectivity index (χ0n) is 9.03. The van der Waals surface area contributed by atoms with Gasteiger partial charge >= 0.3 is 0 Å². The highest BCUT2D eigenvalue weighted by Crippen LogP contribution is 2.34. The summed E-state index contributed by atoms with van der Waals surface area (Å²) in [6.07, 6.45) is 2.14. The predicted molar refractivity (Wildman–Crippen MR) is 60.2 cm³/mol. The van der Waals surface area contributed by atoms with Crippen molar-refractivity contribution in [2.45, 2.75) is 18.8 Å². The van der Waals surface area contributed by atoms with Gasteiger partial charge in [-0.1, -0.05) is 6.07 Å². The van der Waals surface area contributed by atoms with Crippen LogP contribution in [0.4, 0.5) is 5.69 Å². The summed E-state index contributed by atoms with van der Waals surface area (Å²) in [4.78, 5) is 0. The van der Waals surface area contributed by atoms with Gasteiger partial charge in [0.05, 0.1) is 7.11 Å². The molecule has 3 nitrogen and oxygen atoms in total. The Morgan fingerprint density at radius 1 is 1.33 bits per heavy atom. The standard InChI is InChI=1S/C12H17NO2/c1-14-12-8-10(13)2-3-11(12)9-4-6-15-7-5-9/h2-3,8-9H,4-7,13H2,1H3. The van der Waals surface area contributed by atoms with Gasteiger partial charge in [-0.05, 0) is 30.4 Å². The van der Waals surface area contributed by atoms with E-state index in [4.69, 9.17) is 15.2 Å². The number of rotatable bonds is 2. The summed E-state index contributed by atoms with van der Waals surface area (Å²) in [6.45, 7) is 1.69. The zero-order valence-corrected chi connectivity index (χ0v) is 9.03. The van der Waals surface area contributed by atoms with Crippen LogP contribution in [0.15, 0.2) is 18.2 Å². The largest absolute Gasteiger partial charge is 0.496 e. The van der Waals surface area contributed by atoms with Crippen molar-refractivity contribution in [2.75, 3.05) is 26.1 Å². The van der Waals surface area contributed by atoms with Crippen LogP contribution in [0.3, 0.4) is 0 Å². The van der Waals surface area contributed by atoms with Crippen LogP contribution in [0.1, 0.15) is 24.3 Å². The zero-order chi connectivity index (χ0) is 10.7. The molecule has 1 aliphatic heterocycles. The number of hydrogen-bond acceptors (Lipinski definition) is 3. The molecule has 2 rings (SSSR count). The fourth-order valence-electron chi connectivity index (χ4n) is 2.07. The van der Waals surface area contributed by atoms with Crippen molar-refractivity contribution in [3.8, 4) is 5.75 Å². The van der Waals surface area contributed by atoms with Gasteiger partial charge in [0, 0.05) is 25.0 Å². The lowest BCUT2D eigenvalue weighted by Crippen LogP contribution is -2.14. The van der Waals surface area contributed by atoms with Crippen LogP contribution >= 0.6 is 0 Å². The van der Waals surface area contributed by atoms with Gasteiger partial charge in [-0.2, -0.15) is 0 Å². The third-order valence-electron chi connectivity index (χ3n) is 2.92. The Bertz CT molecular complexity index is 332. The van der Waals surface area contributed by atoms with Crippen LogP contribution in [-0.4, -0.2) is 20.3 Å². The molecular formula is C12H17NO2. The number of nitrogen functional groups attached to an aromatic ring is 1. The monoisotopic (exact) mass is 207 g/mol. The minimum atomic E-state index is 0.550. The molecule has 1 fully saturated rings. The van der Waals surface area contributed by atoms with Crippen LogP contribution < -0.4 is 10.5 Å². The molecule has 3 heteroatoms. The second-order valence-electron chi connectivity index (χ2n) is 3.89. The summed E-state index contributed by atoms with van der Waals surface area (Å²) < 4.78 is 10.7. The van der Waals surface area contributed by atoms with Gasteiger partial charge < -0.3 is 15.2 Å². The highest BCUT2D eigenvalue weighted by Gasteiger charge is 2.19. The van der Waals surface area contributed by atoms with Crippen molar-refractivity contribution in [1.82, 2.24) is 0 Å². The van der Waals surface area contributed by atoms with Crippen molar-refractivity contribution >= 4 is 5.69 Å². The minimum Gasteiger partial charge on any atom is -0.496 e. The second-order valence-corrected chi connectivity index (χ2v) is 3.89. The van der Waals surface area contributed by atoms with Crippen LogP contribution in [0.5, 0.6) is 5.75 Å². The Hall–Kier alpha value is -1.22. The molecule has 0 radical (unpaired) electrons. The number of methoxy groups -OCH3 is 1. The number of benzene rings is 1. The third-order valence-corrected chi connectivity index (χ3v) is 2.92. The maximum absolute atomic E-state index is 5.73. The van der Waals surface area contributed by atoms with E-state index < -0.39 is 0 Å². The summed E-state index contributed by atoms with van der Waals surface area (Å²) in [5, 5.41) is 0. The normalized spacial score (nSPS) is 17.7. The summed E-state index contributed by atoms with van der Waals surface area (Å²) in [6, 6.07) is 5.91. The molecule has 15 heavy (non-hydrogen) atoms. The third kappa shape index (κ3) is 2.23. The summed E-state index contributed by atoms with van der Waals surface area (Å²) in [7, 11) is 1.69. The first-order valence-corrected chi connectivity index (χ1v) is 5.32. The Labute approximate surface area is 90.2 Å². The smallest absolute Gasteiger partial charge is 0.124 e. The maximum atomic E-state index is 5.73. The van der Waals surface area contributed by atoms with Gasteiger partial charge in [0.1, 0.15) is 5.75 Å². The first kappa shape index (κ1) is 10.3. The van der Waals surface area contributed by atoms with Gasteiger partial charge in [0.25, 0.3) is 0 Å². The SMILES string of the molecule is COc1cc(N)ccc1C1CCOCC1. The molecule has 1 aromatic carbocycles. The van der Waals surface area contributed by atoms with Crippen LogP contribution in [-0.2, 0) is 4.74 Å². The molecule has 0 atom stereocenters. The van der Waals surface area contributed by atoms with Gasteiger partial charge in [-0.15, -0.1) is 0 Å². The molecule has 0 saturated carbocycles. The van der Waals surface area contributed by atoms with Crippen LogP contribution in [0.2, 0.25) is 0 Å². The minimum absolute atomic E-state index is 0.550. The Morgan fingerprint density at radius 2 is 2.07 bits per heavy atom. The number of ether oxygens (including phenoxy) is 2. The summed E-state index contributed by atoms with van der Waals surface area (Å²) >= 11 is 0. The van der Waals surface area contributed by atoms with Crippen molar-refractivity contribution in [3.05, 3.63) is 23.8 Å². The lowest BCUT2D eigenvalue weighted by Gasteiger charge is -2.24.